The fourth-order valence-corrected chi connectivity index (χ4v) is 4.82. The lowest BCUT2D eigenvalue weighted by atomic mass is 9.95. The number of aldehydes is 1. The summed E-state index contributed by atoms with van der Waals surface area (Å²) in [5.41, 5.74) is 2.23. The minimum Gasteiger partial charge on any atom is -0.492 e. The highest BCUT2D eigenvalue weighted by Gasteiger charge is 2.20. The molecule has 0 bridgehead atoms. The molecular formula is C29H25NO5. The first kappa shape index (κ1) is 22.6. The molecule has 3 aromatic carbocycles. The zero-order valence-electron chi connectivity index (χ0n) is 19.7. The molecule has 0 unspecified atom stereocenters. The van der Waals surface area contributed by atoms with E-state index in [9.17, 15) is 14.4 Å². The Hall–Kier alpha value is -4.19. The molecule has 0 aliphatic rings. The zero-order valence-corrected chi connectivity index (χ0v) is 19.7. The summed E-state index contributed by atoms with van der Waals surface area (Å²) < 4.78 is 13.2. The third-order valence-electron chi connectivity index (χ3n) is 6.53. The van der Waals surface area contributed by atoms with Crippen LogP contribution >= 0.6 is 0 Å². The van der Waals surface area contributed by atoms with Crippen LogP contribution in [0.15, 0.2) is 63.0 Å². The molecule has 0 N–H and O–H groups in total. The molecule has 0 aliphatic carbocycles. The SMILES string of the molecule is C=Cc1c(CCC)oc2ccc3c(=O)n(CCOc4ccc(C=O)c(C)c4)c(=O)c4ccc1c2c34. The van der Waals surface area contributed by atoms with Crippen molar-refractivity contribution in [3.05, 3.63) is 92.2 Å². The lowest BCUT2D eigenvalue weighted by Crippen LogP contribution is -2.35. The molecule has 5 aromatic rings. The summed E-state index contributed by atoms with van der Waals surface area (Å²) in [6, 6.07) is 12.4. The maximum Gasteiger partial charge on any atom is 0.261 e. The van der Waals surface area contributed by atoms with Crippen LogP contribution in [0.25, 0.3) is 38.6 Å². The van der Waals surface area contributed by atoms with Gasteiger partial charge in [0.25, 0.3) is 11.1 Å². The lowest BCUT2D eigenvalue weighted by molar-refractivity contribution is 0.112. The molecule has 0 atom stereocenters. The van der Waals surface area contributed by atoms with Crippen molar-refractivity contribution in [3.8, 4) is 5.75 Å². The number of pyridine rings is 1. The molecule has 0 amide bonds. The molecule has 176 valence electrons. The van der Waals surface area contributed by atoms with Crippen molar-refractivity contribution < 1.29 is 13.9 Å². The number of carbonyl (C=O) groups is 1. The van der Waals surface area contributed by atoms with Crippen molar-refractivity contribution in [1.29, 1.82) is 0 Å². The number of benzene rings is 3. The zero-order chi connectivity index (χ0) is 24.7. The van der Waals surface area contributed by atoms with Crippen molar-refractivity contribution in [2.24, 2.45) is 0 Å². The Morgan fingerprint density at radius 1 is 1.00 bits per heavy atom. The highest BCUT2D eigenvalue weighted by Crippen LogP contribution is 2.36. The number of hydrogen-bond donors (Lipinski definition) is 0. The molecule has 0 saturated heterocycles. The molecule has 2 heterocycles. The van der Waals surface area contributed by atoms with E-state index in [-0.39, 0.29) is 24.3 Å². The van der Waals surface area contributed by atoms with Gasteiger partial charge in [-0.15, -0.1) is 0 Å². The number of aromatic nitrogens is 1. The summed E-state index contributed by atoms with van der Waals surface area (Å²) in [5.74, 6) is 1.43. The molecule has 2 aromatic heterocycles. The van der Waals surface area contributed by atoms with E-state index in [2.05, 4.69) is 13.5 Å². The van der Waals surface area contributed by atoms with Gasteiger partial charge >= 0.3 is 0 Å². The van der Waals surface area contributed by atoms with Gasteiger partial charge in [-0.2, -0.15) is 0 Å². The second-order valence-corrected chi connectivity index (χ2v) is 8.66. The van der Waals surface area contributed by atoms with Gasteiger partial charge in [-0.25, -0.2) is 0 Å². The molecule has 0 fully saturated rings. The van der Waals surface area contributed by atoms with E-state index in [0.717, 1.165) is 46.8 Å². The van der Waals surface area contributed by atoms with Gasteiger partial charge in [0.1, 0.15) is 30.0 Å². The predicted octanol–water partition coefficient (Wildman–Crippen LogP) is 5.49. The maximum atomic E-state index is 13.4. The van der Waals surface area contributed by atoms with Crippen molar-refractivity contribution in [1.82, 2.24) is 4.57 Å². The Morgan fingerprint density at radius 3 is 2.37 bits per heavy atom. The van der Waals surface area contributed by atoms with E-state index in [4.69, 9.17) is 9.15 Å². The normalized spacial score (nSPS) is 11.5. The van der Waals surface area contributed by atoms with Gasteiger partial charge in [0.05, 0.1) is 6.54 Å². The highest BCUT2D eigenvalue weighted by molar-refractivity contribution is 6.22. The topological polar surface area (TPSA) is 78.5 Å². The third-order valence-corrected chi connectivity index (χ3v) is 6.53. The quantitative estimate of drug-likeness (QED) is 0.223. The minimum atomic E-state index is -0.356. The fourth-order valence-electron chi connectivity index (χ4n) is 4.82. The summed E-state index contributed by atoms with van der Waals surface area (Å²) in [5, 5.41) is 3.27. The molecular weight excluding hydrogens is 442 g/mol. The number of aryl methyl sites for hydroxylation is 2. The van der Waals surface area contributed by atoms with E-state index in [0.29, 0.717) is 33.1 Å². The Bertz CT molecular complexity index is 1690. The van der Waals surface area contributed by atoms with Gasteiger partial charge < -0.3 is 9.15 Å². The first-order valence-corrected chi connectivity index (χ1v) is 11.7. The first-order valence-electron chi connectivity index (χ1n) is 11.7. The largest absolute Gasteiger partial charge is 0.492 e. The monoisotopic (exact) mass is 467 g/mol. The predicted molar refractivity (Wildman–Crippen MR) is 139 cm³/mol. The van der Waals surface area contributed by atoms with Crippen molar-refractivity contribution in [2.75, 3.05) is 6.61 Å². The average Bonchev–Trinajstić information content (AvgIpc) is 2.86. The maximum absolute atomic E-state index is 13.4. The van der Waals surface area contributed by atoms with Gasteiger partial charge in [0.2, 0.25) is 0 Å². The van der Waals surface area contributed by atoms with Crippen molar-refractivity contribution >= 4 is 44.9 Å². The third kappa shape index (κ3) is 3.62. The second-order valence-electron chi connectivity index (χ2n) is 8.66. The van der Waals surface area contributed by atoms with Crippen LogP contribution < -0.4 is 15.9 Å². The van der Waals surface area contributed by atoms with Crippen LogP contribution in [0.1, 0.15) is 40.6 Å². The Balaban J connectivity index is 1.60. The highest BCUT2D eigenvalue weighted by atomic mass is 16.5. The van der Waals surface area contributed by atoms with Crippen molar-refractivity contribution in [3.63, 3.8) is 0 Å². The average molecular weight is 468 g/mol. The van der Waals surface area contributed by atoms with E-state index >= 15 is 0 Å². The van der Waals surface area contributed by atoms with Crippen LogP contribution in [-0.2, 0) is 13.0 Å². The Kier molecular flexibility index (Phi) is 5.73. The molecule has 0 spiro atoms. The molecule has 0 aliphatic heterocycles. The van der Waals surface area contributed by atoms with Gasteiger partial charge in [0.15, 0.2) is 0 Å². The lowest BCUT2D eigenvalue weighted by Gasteiger charge is -2.16. The molecule has 6 heteroatoms. The van der Waals surface area contributed by atoms with Crippen LogP contribution in [0.3, 0.4) is 0 Å². The van der Waals surface area contributed by atoms with Crippen LogP contribution in [0.5, 0.6) is 5.75 Å². The van der Waals surface area contributed by atoms with E-state index in [1.54, 1.807) is 42.5 Å². The first-order chi connectivity index (χ1) is 17.0. The van der Waals surface area contributed by atoms with Gasteiger partial charge in [-0.3, -0.25) is 19.0 Å². The summed E-state index contributed by atoms with van der Waals surface area (Å²) in [4.78, 5) is 37.8. The number of rotatable bonds is 8. The smallest absolute Gasteiger partial charge is 0.261 e. The molecule has 0 saturated carbocycles. The van der Waals surface area contributed by atoms with E-state index in [1.807, 2.05) is 13.0 Å². The van der Waals surface area contributed by atoms with Crippen molar-refractivity contribution in [2.45, 2.75) is 33.2 Å². The summed E-state index contributed by atoms with van der Waals surface area (Å²) in [6.07, 6.45) is 4.27. The summed E-state index contributed by atoms with van der Waals surface area (Å²) >= 11 is 0. The Labute approximate surface area is 201 Å². The van der Waals surface area contributed by atoms with Crippen LogP contribution in [0.2, 0.25) is 0 Å². The molecule has 0 radical (unpaired) electrons. The van der Waals surface area contributed by atoms with Crippen LogP contribution in [-0.4, -0.2) is 17.5 Å². The van der Waals surface area contributed by atoms with Gasteiger partial charge in [-0.1, -0.05) is 25.6 Å². The number of nitrogens with zero attached hydrogens (tertiary/aromatic N) is 1. The van der Waals surface area contributed by atoms with Gasteiger partial charge in [0, 0.05) is 39.1 Å². The van der Waals surface area contributed by atoms with Gasteiger partial charge in [-0.05, 0) is 60.7 Å². The second kappa shape index (κ2) is 8.87. The number of carbonyl (C=O) groups excluding carboxylic acids is 1. The molecule has 6 nitrogen and oxygen atoms in total. The number of hydrogen-bond acceptors (Lipinski definition) is 5. The van der Waals surface area contributed by atoms with Crippen LogP contribution in [0.4, 0.5) is 0 Å². The Morgan fingerprint density at radius 2 is 1.71 bits per heavy atom. The van der Waals surface area contributed by atoms with E-state index < -0.39 is 0 Å². The summed E-state index contributed by atoms with van der Waals surface area (Å²) in [6.45, 7) is 8.11. The van der Waals surface area contributed by atoms with E-state index in [1.165, 1.54) is 4.57 Å². The van der Waals surface area contributed by atoms with Crippen LogP contribution in [0, 0.1) is 6.92 Å². The molecule has 5 rings (SSSR count). The minimum absolute atomic E-state index is 0.103. The number of ether oxygens (including phenoxy) is 1. The fraction of sp³-hybridized carbons (Fsp3) is 0.207. The molecule has 35 heavy (non-hydrogen) atoms. The standard InChI is InChI=1S/C29H25NO5/c1-4-6-24-20(5-2)21-9-10-22-26-23(11-12-25(35-24)27(21)26)29(33)30(28(22)32)13-14-34-19-8-7-18(16-31)17(3)15-19/h5,7-12,15-16H,2,4,6,13-14H2,1,3H3. The summed E-state index contributed by atoms with van der Waals surface area (Å²) in [7, 11) is 0.